The molecule has 20 heavy (non-hydrogen) atoms. The zero-order valence-corrected chi connectivity index (χ0v) is 10.7. The number of aryl methyl sites for hydroxylation is 1. The first-order valence-electron chi connectivity index (χ1n) is 6.04. The summed E-state index contributed by atoms with van der Waals surface area (Å²) in [6.07, 6.45) is 0. The number of hydrogen-bond acceptors (Lipinski definition) is 3. The van der Waals surface area contributed by atoms with Gasteiger partial charge in [-0.25, -0.2) is 18.7 Å². The largest absolute Gasteiger partial charge is 0.383 e. The maximum Gasteiger partial charge on any atom is 0.162 e. The minimum absolute atomic E-state index is 0.242. The van der Waals surface area contributed by atoms with Crippen molar-refractivity contribution < 1.29 is 8.78 Å². The summed E-state index contributed by atoms with van der Waals surface area (Å²) in [5, 5.41) is 0.572. The molecule has 0 amide bonds. The van der Waals surface area contributed by atoms with Gasteiger partial charge in [-0.1, -0.05) is 12.1 Å². The first kappa shape index (κ1) is 12.5. The maximum absolute atomic E-state index is 13.6. The molecule has 3 nitrogen and oxygen atoms in total. The van der Waals surface area contributed by atoms with Gasteiger partial charge in [0.1, 0.15) is 17.5 Å². The molecule has 1 heterocycles. The minimum Gasteiger partial charge on any atom is -0.383 e. The van der Waals surface area contributed by atoms with E-state index in [1.807, 2.05) is 0 Å². The number of nitrogens with zero attached hydrogens (tertiary/aromatic N) is 2. The Kier molecular flexibility index (Phi) is 2.82. The zero-order valence-electron chi connectivity index (χ0n) is 10.7. The molecule has 0 atom stereocenters. The summed E-state index contributed by atoms with van der Waals surface area (Å²) in [6.45, 7) is 1.67. The number of rotatable bonds is 1. The van der Waals surface area contributed by atoms with Crippen molar-refractivity contribution in [2.75, 3.05) is 5.73 Å². The summed E-state index contributed by atoms with van der Waals surface area (Å²) in [5.41, 5.74) is 7.28. The van der Waals surface area contributed by atoms with Crippen LogP contribution < -0.4 is 5.73 Å². The molecule has 100 valence electrons. The monoisotopic (exact) mass is 271 g/mol. The van der Waals surface area contributed by atoms with Crippen molar-refractivity contribution in [2.24, 2.45) is 0 Å². The highest BCUT2D eigenvalue weighted by Crippen LogP contribution is 2.24. The van der Waals surface area contributed by atoms with Gasteiger partial charge in [0.25, 0.3) is 0 Å². The van der Waals surface area contributed by atoms with Gasteiger partial charge in [0.15, 0.2) is 5.82 Å². The standard InChI is InChI=1S/C15H11F2N3/c1-8-2-3-9(6-12(8)17)15-19-13-7-10(16)4-5-11(13)14(18)20-15/h2-7H,1H3,(H2,18,19,20). The molecule has 3 aromatic rings. The van der Waals surface area contributed by atoms with Crippen LogP contribution in [0.15, 0.2) is 36.4 Å². The van der Waals surface area contributed by atoms with E-state index in [-0.39, 0.29) is 17.5 Å². The topological polar surface area (TPSA) is 51.8 Å². The quantitative estimate of drug-likeness (QED) is 0.737. The summed E-state index contributed by atoms with van der Waals surface area (Å²) < 4.78 is 26.9. The van der Waals surface area contributed by atoms with Gasteiger partial charge in [-0.3, -0.25) is 0 Å². The van der Waals surface area contributed by atoms with Gasteiger partial charge in [-0.05, 0) is 30.7 Å². The lowest BCUT2D eigenvalue weighted by molar-refractivity contribution is 0.619. The molecule has 0 fully saturated rings. The summed E-state index contributed by atoms with van der Waals surface area (Å²) in [5.74, 6) is -0.230. The van der Waals surface area contributed by atoms with Gasteiger partial charge in [0.05, 0.1) is 5.52 Å². The van der Waals surface area contributed by atoms with E-state index in [0.717, 1.165) is 0 Å². The molecule has 0 radical (unpaired) electrons. The first-order chi connectivity index (χ1) is 9.54. The fourth-order valence-corrected chi connectivity index (χ4v) is 1.99. The molecule has 1 aromatic heterocycles. The van der Waals surface area contributed by atoms with E-state index in [0.29, 0.717) is 22.0 Å². The number of anilines is 1. The summed E-state index contributed by atoms with van der Waals surface area (Å²) in [6, 6.07) is 8.79. The predicted molar refractivity (Wildman–Crippen MR) is 74.0 cm³/mol. The summed E-state index contributed by atoms with van der Waals surface area (Å²) in [7, 11) is 0. The molecular formula is C15H11F2N3. The average molecular weight is 271 g/mol. The van der Waals surface area contributed by atoms with Crippen LogP contribution in [0, 0.1) is 18.6 Å². The van der Waals surface area contributed by atoms with Crippen molar-refractivity contribution in [3.63, 3.8) is 0 Å². The summed E-state index contributed by atoms with van der Waals surface area (Å²) in [4.78, 5) is 8.39. The molecule has 3 rings (SSSR count). The second-order valence-electron chi connectivity index (χ2n) is 4.56. The number of nitrogens with two attached hydrogens (primary N) is 1. The van der Waals surface area contributed by atoms with Crippen molar-refractivity contribution in [1.29, 1.82) is 0 Å². The van der Waals surface area contributed by atoms with Gasteiger partial charge in [-0.15, -0.1) is 0 Å². The van der Waals surface area contributed by atoms with Crippen LogP contribution in [-0.4, -0.2) is 9.97 Å². The molecule has 0 unspecified atom stereocenters. The van der Waals surface area contributed by atoms with Crippen molar-refractivity contribution in [2.45, 2.75) is 6.92 Å². The van der Waals surface area contributed by atoms with Crippen LogP contribution in [-0.2, 0) is 0 Å². The van der Waals surface area contributed by atoms with E-state index in [1.54, 1.807) is 19.1 Å². The molecule has 0 aliphatic heterocycles. The number of hydrogen-bond donors (Lipinski definition) is 1. The Morgan fingerprint density at radius 1 is 1.00 bits per heavy atom. The third kappa shape index (κ3) is 2.07. The third-order valence-corrected chi connectivity index (χ3v) is 3.12. The summed E-state index contributed by atoms with van der Waals surface area (Å²) >= 11 is 0. The van der Waals surface area contributed by atoms with Gasteiger partial charge in [-0.2, -0.15) is 0 Å². The van der Waals surface area contributed by atoms with E-state index < -0.39 is 5.82 Å². The van der Waals surface area contributed by atoms with Crippen LogP contribution in [0.4, 0.5) is 14.6 Å². The molecule has 0 saturated heterocycles. The Bertz CT molecular complexity index is 816. The number of halogens is 2. The zero-order chi connectivity index (χ0) is 14.3. The Morgan fingerprint density at radius 3 is 2.55 bits per heavy atom. The molecule has 0 bridgehead atoms. The van der Waals surface area contributed by atoms with E-state index in [4.69, 9.17) is 5.73 Å². The molecule has 2 N–H and O–H groups in total. The van der Waals surface area contributed by atoms with E-state index in [2.05, 4.69) is 9.97 Å². The van der Waals surface area contributed by atoms with Gasteiger partial charge in [0.2, 0.25) is 0 Å². The van der Waals surface area contributed by atoms with Gasteiger partial charge in [0, 0.05) is 17.0 Å². The van der Waals surface area contributed by atoms with Crippen molar-refractivity contribution in [3.05, 3.63) is 53.6 Å². The normalized spacial score (nSPS) is 10.9. The number of nitrogen functional groups attached to an aromatic ring is 1. The fourth-order valence-electron chi connectivity index (χ4n) is 1.99. The molecule has 0 aliphatic carbocycles. The fraction of sp³-hybridized carbons (Fsp3) is 0.0667. The number of benzene rings is 2. The first-order valence-corrected chi connectivity index (χ1v) is 6.04. The van der Waals surface area contributed by atoms with Crippen LogP contribution in [0.2, 0.25) is 0 Å². The maximum atomic E-state index is 13.6. The van der Waals surface area contributed by atoms with Crippen LogP contribution in [0.1, 0.15) is 5.56 Å². The molecule has 0 saturated carbocycles. The second kappa shape index (κ2) is 4.52. The molecular weight excluding hydrogens is 260 g/mol. The number of aromatic nitrogens is 2. The van der Waals surface area contributed by atoms with E-state index in [9.17, 15) is 8.78 Å². The van der Waals surface area contributed by atoms with Gasteiger partial charge < -0.3 is 5.73 Å². The highest BCUT2D eigenvalue weighted by Gasteiger charge is 2.09. The van der Waals surface area contributed by atoms with Crippen LogP contribution in [0.3, 0.4) is 0 Å². The lowest BCUT2D eigenvalue weighted by atomic mass is 10.1. The predicted octanol–water partition coefficient (Wildman–Crippen LogP) is 3.47. The SMILES string of the molecule is Cc1ccc(-c2nc(N)c3ccc(F)cc3n2)cc1F. The van der Waals surface area contributed by atoms with Crippen molar-refractivity contribution in [3.8, 4) is 11.4 Å². The average Bonchev–Trinajstić information content (AvgIpc) is 2.41. The highest BCUT2D eigenvalue weighted by atomic mass is 19.1. The number of fused-ring (bicyclic) bond motifs is 1. The lowest BCUT2D eigenvalue weighted by Gasteiger charge is -2.06. The Labute approximate surface area is 114 Å². The Hall–Kier alpha value is -2.56. The molecule has 0 aliphatic rings. The highest BCUT2D eigenvalue weighted by molar-refractivity contribution is 5.89. The van der Waals surface area contributed by atoms with Crippen molar-refractivity contribution >= 4 is 16.7 Å². The molecule has 5 heteroatoms. The smallest absolute Gasteiger partial charge is 0.162 e. The Morgan fingerprint density at radius 2 is 1.80 bits per heavy atom. The lowest BCUT2D eigenvalue weighted by Crippen LogP contribution is -1.98. The van der Waals surface area contributed by atoms with Gasteiger partial charge >= 0.3 is 0 Å². The third-order valence-electron chi connectivity index (χ3n) is 3.12. The van der Waals surface area contributed by atoms with Crippen LogP contribution >= 0.6 is 0 Å². The molecule has 0 spiro atoms. The van der Waals surface area contributed by atoms with Crippen LogP contribution in [0.25, 0.3) is 22.3 Å². The van der Waals surface area contributed by atoms with E-state index in [1.165, 1.54) is 24.3 Å². The Balaban J connectivity index is 2.23. The van der Waals surface area contributed by atoms with Crippen LogP contribution in [0.5, 0.6) is 0 Å². The second-order valence-corrected chi connectivity index (χ2v) is 4.56. The van der Waals surface area contributed by atoms with Crippen molar-refractivity contribution in [1.82, 2.24) is 9.97 Å². The minimum atomic E-state index is -0.406. The molecule has 2 aromatic carbocycles. The van der Waals surface area contributed by atoms with E-state index >= 15 is 0 Å².